The van der Waals surface area contributed by atoms with E-state index < -0.39 is 0 Å². The van der Waals surface area contributed by atoms with Crippen LogP contribution in [-0.4, -0.2) is 68.8 Å². The van der Waals surface area contributed by atoms with Crippen molar-refractivity contribution in [2.75, 3.05) is 26.2 Å². The number of likely N-dealkylation sites (N-methyl/N-ethyl adjacent to an activating group) is 2. The minimum atomic E-state index is -0.311. The van der Waals surface area contributed by atoms with Gasteiger partial charge in [-0.25, -0.2) is 0 Å². The van der Waals surface area contributed by atoms with E-state index in [0.717, 1.165) is 80.9 Å². The monoisotopic (exact) mass is 614 g/mol. The van der Waals surface area contributed by atoms with Crippen LogP contribution < -0.4 is 0 Å². The summed E-state index contributed by atoms with van der Waals surface area (Å²) < 4.78 is 4.38. The molecule has 6 heteroatoms. The summed E-state index contributed by atoms with van der Waals surface area (Å²) >= 11 is 0. The van der Waals surface area contributed by atoms with Crippen LogP contribution in [0.1, 0.15) is 61.3 Å². The molecule has 0 saturated heterocycles. The van der Waals surface area contributed by atoms with Gasteiger partial charge in [0.2, 0.25) is 0 Å². The van der Waals surface area contributed by atoms with Gasteiger partial charge in [-0.15, -0.1) is 0 Å². The molecule has 6 aromatic rings. The Morgan fingerprint density at radius 3 is 1.24 bits per heavy atom. The number of fused-ring (bicyclic) bond motifs is 6. The van der Waals surface area contributed by atoms with E-state index in [0.29, 0.717) is 12.8 Å². The third-order valence-corrected chi connectivity index (χ3v) is 10.2. The molecular formula is C40H46N4O2. The molecule has 0 fully saturated rings. The Hall–Kier alpha value is -4.26. The Bertz CT molecular complexity index is 1900. The van der Waals surface area contributed by atoms with Crippen molar-refractivity contribution < 1.29 is 9.59 Å². The first-order valence-electron chi connectivity index (χ1n) is 16.8. The Labute approximate surface area is 272 Å². The van der Waals surface area contributed by atoms with E-state index in [-0.39, 0.29) is 23.7 Å². The van der Waals surface area contributed by atoms with Crippen LogP contribution >= 0.6 is 0 Å². The van der Waals surface area contributed by atoms with Gasteiger partial charge >= 0.3 is 0 Å². The smallest absolute Gasteiger partial charge is 0.179 e. The largest absolute Gasteiger partial charge is 0.344 e. The topological polar surface area (TPSA) is 50.5 Å². The first kappa shape index (κ1) is 31.7. The van der Waals surface area contributed by atoms with Gasteiger partial charge in [-0.05, 0) is 87.6 Å². The van der Waals surface area contributed by atoms with Crippen molar-refractivity contribution in [1.29, 1.82) is 0 Å². The lowest BCUT2D eigenvalue weighted by molar-refractivity contribution is 0.0737. The fourth-order valence-corrected chi connectivity index (χ4v) is 7.63. The molecule has 0 N–H and O–H groups in total. The highest BCUT2D eigenvalue weighted by Crippen LogP contribution is 2.31. The van der Waals surface area contributed by atoms with E-state index >= 15 is 0 Å². The zero-order valence-electron chi connectivity index (χ0n) is 28.1. The molecule has 6 nitrogen and oxygen atoms in total. The van der Waals surface area contributed by atoms with E-state index in [9.17, 15) is 9.59 Å². The van der Waals surface area contributed by atoms with Crippen LogP contribution in [0.2, 0.25) is 0 Å². The molecule has 0 aliphatic heterocycles. The zero-order valence-corrected chi connectivity index (χ0v) is 28.1. The fourth-order valence-electron chi connectivity index (χ4n) is 7.63. The predicted molar refractivity (Wildman–Crippen MR) is 192 cm³/mol. The molecule has 0 radical (unpaired) electrons. The molecule has 0 saturated carbocycles. The molecule has 2 heterocycles. The number of aromatic nitrogens is 2. The minimum Gasteiger partial charge on any atom is -0.344 e. The van der Waals surface area contributed by atoms with Gasteiger partial charge in [0.25, 0.3) is 0 Å². The summed E-state index contributed by atoms with van der Waals surface area (Å²) in [4.78, 5) is 33.3. The maximum atomic E-state index is 14.4. The van der Waals surface area contributed by atoms with Crippen molar-refractivity contribution in [3.63, 3.8) is 0 Å². The number of rotatable bonds is 13. The second kappa shape index (κ2) is 13.2. The number of nitrogens with zero attached hydrogens (tertiary/aromatic N) is 4. The molecule has 2 aromatic heterocycles. The highest BCUT2D eigenvalue weighted by molar-refractivity contribution is 6.13. The summed E-state index contributed by atoms with van der Waals surface area (Å²) in [7, 11) is 4.15. The Morgan fingerprint density at radius 1 is 0.522 bits per heavy atom. The highest BCUT2D eigenvalue weighted by atomic mass is 16.1. The third kappa shape index (κ3) is 5.44. The standard InChI is InChI=1S/C40H46N4O2/c1-7-43(8-2)37(39(45)27-19-21-35-31(25-27)29-15-11-13-17-33(29)41(35)5)23-24-38(44(9-3)10-4)40(46)28-20-22-36-32(26-28)30-16-12-14-18-34(30)42(36)6/h11-22,25-26,37-38H,7-10,23-24H2,1-6H3. The van der Waals surface area contributed by atoms with Gasteiger partial charge in [-0.2, -0.15) is 0 Å². The van der Waals surface area contributed by atoms with Crippen molar-refractivity contribution >= 4 is 55.2 Å². The molecule has 0 spiro atoms. The van der Waals surface area contributed by atoms with Gasteiger partial charge in [-0.1, -0.05) is 64.1 Å². The van der Waals surface area contributed by atoms with Crippen LogP contribution in [0.15, 0.2) is 84.9 Å². The number of para-hydroxylation sites is 2. The zero-order chi connectivity index (χ0) is 32.5. The normalized spacial score (nSPS) is 13.5. The quantitative estimate of drug-likeness (QED) is 0.123. The molecule has 46 heavy (non-hydrogen) atoms. The van der Waals surface area contributed by atoms with E-state index in [2.05, 4.69) is 134 Å². The Balaban J connectivity index is 1.33. The van der Waals surface area contributed by atoms with Gasteiger partial charge in [0, 0.05) is 68.8 Å². The lowest BCUT2D eigenvalue weighted by atomic mass is 9.91. The van der Waals surface area contributed by atoms with E-state index in [1.54, 1.807) is 0 Å². The van der Waals surface area contributed by atoms with Gasteiger partial charge in [-0.3, -0.25) is 19.4 Å². The molecule has 0 amide bonds. The molecule has 4 aromatic carbocycles. The van der Waals surface area contributed by atoms with Gasteiger partial charge < -0.3 is 9.13 Å². The Morgan fingerprint density at radius 2 is 0.870 bits per heavy atom. The van der Waals surface area contributed by atoms with Crippen LogP contribution in [0.25, 0.3) is 43.6 Å². The average Bonchev–Trinajstić information content (AvgIpc) is 3.55. The number of Topliss-reactive ketones (excluding diaryl/α,β-unsaturated/α-hetero) is 2. The second-order valence-corrected chi connectivity index (χ2v) is 12.4. The average molecular weight is 615 g/mol. The van der Waals surface area contributed by atoms with Gasteiger partial charge in [0.15, 0.2) is 11.6 Å². The predicted octanol–water partition coefficient (Wildman–Crippen LogP) is 8.24. The Kier molecular flexibility index (Phi) is 9.12. The third-order valence-electron chi connectivity index (χ3n) is 10.2. The fraction of sp³-hybridized carbons (Fsp3) is 0.350. The number of carbonyl (C=O) groups is 2. The number of hydrogen-bond acceptors (Lipinski definition) is 4. The molecule has 0 bridgehead atoms. The van der Waals surface area contributed by atoms with Crippen LogP contribution in [0.5, 0.6) is 0 Å². The van der Waals surface area contributed by atoms with Crippen LogP contribution in [0, 0.1) is 0 Å². The number of ketones is 2. The first-order chi connectivity index (χ1) is 22.3. The van der Waals surface area contributed by atoms with E-state index in [4.69, 9.17) is 0 Å². The second-order valence-electron chi connectivity index (χ2n) is 12.4. The lowest BCUT2D eigenvalue weighted by Crippen LogP contribution is -2.45. The number of carbonyl (C=O) groups excluding carboxylic acids is 2. The summed E-state index contributed by atoms with van der Waals surface area (Å²) in [6.45, 7) is 11.5. The first-order valence-corrected chi connectivity index (χ1v) is 16.8. The summed E-state index contributed by atoms with van der Waals surface area (Å²) in [6.07, 6.45) is 1.22. The van der Waals surface area contributed by atoms with Crippen molar-refractivity contribution in [3.05, 3.63) is 96.1 Å². The van der Waals surface area contributed by atoms with E-state index in [1.165, 1.54) is 0 Å². The highest BCUT2D eigenvalue weighted by Gasteiger charge is 2.31. The summed E-state index contributed by atoms with van der Waals surface area (Å²) in [6, 6.07) is 28.3. The maximum absolute atomic E-state index is 14.4. The molecule has 2 atom stereocenters. The number of aryl methyl sites for hydroxylation is 2. The van der Waals surface area contributed by atoms with Crippen molar-refractivity contribution in [3.8, 4) is 0 Å². The maximum Gasteiger partial charge on any atom is 0.179 e. The molecule has 6 rings (SSSR count). The molecule has 2 unspecified atom stereocenters. The van der Waals surface area contributed by atoms with E-state index in [1.807, 2.05) is 12.1 Å². The summed E-state index contributed by atoms with van der Waals surface area (Å²) in [5, 5.41) is 4.51. The molecular weight excluding hydrogens is 568 g/mol. The SMILES string of the molecule is CCN(CC)C(CCC(C(=O)c1ccc2c(c1)c1ccccc1n2C)N(CC)CC)C(=O)c1ccc2c(c1)c1ccccc1n2C. The van der Waals surface area contributed by atoms with Crippen LogP contribution in [0.4, 0.5) is 0 Å². The van der Waals surface area contributed by atoms with Crippen molar-refractivity contribution in [2.24, 2.45) is 14.1 Å². The van der Waals surface area contributed by atoms with Gasteiger partial charge in [0.1, 0.15) is 0 Å². The molecule has 238 valence electrons. The minimum absolute atomic E-state index is 0.126. The summed E-state index contributed by atoms with van der Waals surface area (Å²) in [5.41, 5.74) is 6.01. The van der Waals surface area contributed by atoms with Crippen molar-refractivity contribution in [1.82, 2.24) is 18.9 Å². The number of hydrogen-bond donors (Lipinski definition) is 0. The summed E-state index contributed by atoms with van der Waals surface area (Å²) in [5.74, 6) is 0.253. The van der Waals surface area contributed by atoms with Crippen LogP contribution in [0.3, 0.4) is 0 Å². The van der Waals surface area contributed by atoms with Crippen LogP contribution in [-0.2, 0) is 14.1 Å². The molecule has 0 aliphatic rings. The van der Waals surface area contributed by atoms with Crippen molar-refractivity contribution in [2.45, 2.75) is 52.6 Å². The molecule has 0 aliphatic carbocycles. The lowest BCUT2D eigenvalue weighted by Gasteiger charge is -2.33. The van der Waals surface area contributed by atoms with Gasteiger partial charge in [0.05, 0.1) is 12.1 Å². The number of benzene rings is 4.